The van der Waals surface area contributed by atoms with Crippen molar-refractivity contribution in [1.29, 1.82) is 0 Å². The minimum Gasteiger partial charge on any atom is -0.382 e. The highest BCUT2D eigenvalue weighted by Crippen LogP contribution is 2.36. The standard InChI is InChI=1S/C15H20ClN3O2S/c1-11(22-12(2)21-3)15(20,8-19-10-17-9-18-19)13-4-6-14(16)7-5-13/h4-7,9-12,20H,8H2,1-3H3/t11-,12?,15-/m1/s1. The Kier molecular flexibility index (Phi) is 5.86. The molecule has 0 spiro atoms. The maximum Gasteiger partial charge on any atom is 0.137 e. The summed E-state index contributed by atoms with van der Waals surface area (Å²) in [5.41, 5.74) is -0.351. The Labute approximate surface area is 139 Å². The Morgan fingerprint density at radius 2 is 2.05 bits per heavy atom. The van der Waals surface area contributed by atoms with Gasteiger partial charge in [0.15, 0.2) is 0 Å². The molecular weight excluding hydrogens is 322 g/mol. The first-order valence-corrected chi connectivity index (χ1v) is 8.27. The van der Waals surface area contributed by atoms with Crippen molar-refractivity contribution in [1.82, 2.24) is 14.8 Å². The molecule has 7 heteroatoms. The number of hydrogen-bond donors (Lipinski definition) is 1. The SMILES string of the molecule is COC(C)S[C@H](C)[C@](O)(Cn1cncn1)c1ccc(Cl)cc1. The first-order valence-electron chi connectivity index (χ1n) is 6.95. The van der Waals surface area contributed by atoms with Crippen LogP contribution in [0, 0.1) is 0 Å². The van der Waals surface area contributed by atoms with Gasteiger partial charge in [-0.1, -0.05) is 23.7 Å². The lowest BCUT2D eigenvalue weighted by molar-refractivity contribution is 0.0158. The van der Waals surface area contributed by atoms with Crippen molar-refractivity contribution >= 4 is 23.4 Å². The number of thioether (sulfide) groups is 1. The van der Waals surface area contributed by atoms with E-state index < -0.39 is 5.60 Å². The second-order valence-electron chi connectivity index (χ2n) is 5.11. The molecule has 2 rings (SSSR count). The van der Waals surface area contributed by atoms with Gasteiger partial charge in [-0.25, -0.2) is 9.67 Å². The van der Waals surface area contributed by atoms with Crippen molar-refractivity contribution in [2.75, 3.05) is 7.11 Å². The molecule has 0 aliphatic carbocycles. The van der Waals surface area contributed by atoms with Crippen LogP contribution in [0.25, 0.3) is 0 Å². The summed E-state index contributed by atoms with van der Waals surface area (Å²) in [7, 11) is 1.66. The first kappa shape index (κ1) is 17.3. The number of methoxy groups -OCH3 is 1. The summed E-state index contributed by atoms with van der Waals surface area (Å²) in [4.78, 5) is 3.94. The number of benzene rings is 1. The normalized spacial score (nSPS) is 17.0. The molecule has 22 heavy (non-hydrogen) atoms. The summed E-state index contributed by atoms with van der Waals surface area (Å²) >= 11 is 7.52. The zero-order valence-corrected chi connectivity index (χ0v) is 14.4. The zero-order valence-electron chi connectivity index (χ0n) is 12.8. The first-order chi connectivity index (χ1) is 10.5. The van der Waals surface area contributed by atoms with Crippen LogP contribution in [-0.2, 0) is 16.9 Å². The smallest absolute Gasteiger partial charge is 0.137 e. The average Bonchev–Trinajstić information content (AvgIpc) is 3.00. The fraction of sp³-hybridized carbons (Fsp3) is 0.467. The fourth-order valence-electron chi connectivity index (χ4n) is 2.21. The highest BCUT2D eigenvalue weighted by molar-refractivity contribution is 8.00. The molecule has 0 fully saturated rings. The Morgan fingerprint density at radius 3 is 2.59 bits per heavy atom. The van der Waals surface area contributed by atoms with Gasteiger partial charge in [0, 0.05) is 17.4 Å². The van der Waals surface area contributed by atoms with Crippen LogP contribution in [0.15, 0.2) is 36.9 Å². The van der Waals surface area contributed by atoms with Crippen LogP contribution in [0.5, 0.6) is 0 Å². The minimum atomic E-state index is -1.12. The van der Waals surface area contributed by atoms with E-state index in [9.17, 15) is 5.11 Å². The van der Waals surface area contributed by atoms with Crippen LogP contribution in [0.4, 0.5) is 0 Å². The molecule has 0 saturated carbocycles. The molecule has 1 aromatic heterocycles. The number of rotatable bonds is 7. The molecule has 120 valence electrons. The molecule has 0 aliphatic rings. The van der Waals surface area contributed by atoms with Crippen molar-refractivity contribution in [3.8, 4) is 0 Å². The lowest BCUT2D eigenvalue weighted by Crippen LogP contribution is -2.41. The Hall–Kier alpha value is -1.08. The number of nitrogens with zero attached hydrogens (tertiary/aromatic N) is 3. The predicted molar refractivity (Wildman–Crippen MR) is 88.9 cm³/mol. The Bertz CT molecular complexity index is 579. The maximum absolute atomic E-state index is 11.4. The second-order valence-corrected chi connectivity index (χ2v) is 7.19. The van der Waals surface area contributed by atoms with E-state index in [1.807, 2.05) is 26.0 Å². The van der Waals surface area contributed by atoms with Gasteiger partial charge >= 0.3 is 0 Å². The highest BCUT2D eigenvalue weighted by Gasteiger charge is 2.38. The Balaban J connectivity index is 2.32. The van der Waals surface area contributed by atoms with E-state index in [1.165, 1.54) is 6.33 Å². The van der Waals surface area contributed by atoms with Gasteiger partial charge in [0.1, 0.15) is 18.3 Å². The Morgan fingerprint density at radius 1 is 1.36 bits per heavy atom. The average molecular weight is 342 g/mol. The van der Waals surface area contributed by atoms with Crippen LogP contribution >= 0.6 is 23.4 Å². The zero-order chi connectivity index (χ0) is 16.2. The lowest BCUT2D eigenvalue weighted by Gasteiger charge is -2.35. The molecule has 0 aliphatic heterocycles. The third kappa shape index (κ3) is 4.01. The van der Waals surface area contributed by atoms with E-state index in [0.29, 0.717) is 11.6 Å². The summed E-state index contributed by atoms with van der Waals surface area (Å²) in [6.45, 7) is 4.24. The molecule has 2 aromatic rings. The molecule has 0 saturated heterocycles. The van der Waals surface area contributed by atoms with Crippen molar-refractivity contribution < 1.29 is 9.84 Å². The van der Waals surface area contributed by atoms with Crippen molar-refractivity contribution in [3.63, 3.8) is 0 Å². The van der Waals surface area contributed by atoms with E-state index in [2.05, 4.69) is 10.1 Å². The summed E-state index contributed by atoms with van der Waals surface area (Å²) in [5.74, 6) is 0. The monoisotopic (exact) mass is 341 g/mol. The number of aliphatic hydroxyl groups is 1. The van der Waals surface area contributed by atoms with Crippen LogP contribution in [-0.4, -0.2) is 37.7 Å². The topological polar surface area (TPSA) is 60.2 Å². The molecular formula is C15H20ClN3O2S. The molecule has 3 atom stereocenters. The number of halogens is 1. The number of hydrogen-bond acceptors (Lipinski definition) is 5. The molecule has 1 unspecified atom stereocenters. The molecule has 0 bridgehead atoms. The summed E-state index contributed by atoms with van der Waals surface area (Å²) in [5, 5.41) is 16.0. The molecule has 5 nitrogen and oxygen atoms in total. The van der Waals surface area contributed by atoms with E-state index in [4.69, 9.17) is 16.3 Å². The quantitative estimate of drug-likeness (QED) is 0.785. The van der Waals surface area contributed by atoms with Crippen molar-refractivity contribution in [3.05, 3.63) is 47.5 Å². The van der Waals surface area contributed by atoms with Crippen LogP contribution in [0.1, 0.15) is 19.4 Å². The lowest BCUT2D eigenvalue weighted by atomic mass is 9.90. The maximum atomic E-state index is 11.4. The van der Waals surface area contributed by atoms with E-state index in [1.54, 1.807) is 42.0 Å². The van der Waals surface area contributed by atoms with Gasteiger partial charge in [0.25, 0.3) is 0 Å². The van der Waals surface area contributed by atoms with Crippen molar-refractivity contribution in [2.24, 2.45) is 0 Å². The van der Waals surface area contributed by atoms with Crippen LogP contribution in [0.3, 0.4) is 0 Å². The molecule has 0 radical (unpaired) electrons. The van der Waals surface area contributed by atoms with Gasteiger partial charge in [-0.3, -0.25) is 0 Å². The third-order valence-electron chi connectivity index (χ3n) is 3.61. The fourth-order valence-corrected chi connectivity index (χ4v) is 3.46. The summed E-state index contributed by atoms with van der Waals surface area (Å²) in [6, 6.07) is 7.24. The van der Waals surface area contributed by atoms with Crippen LogP contribution < -0.4 is 0 Å². The number of ether oxygens (including phenoxy) is 1. The van der Waals surface area contributed by atoms with E-state index in [0.717, 1.165) is 5.56 Å². The van der Waals surface area contributed by atoms with Gasteiger partial charge in [0.2, 0.25) is 0 Å². The number of aromatic nitrogens is 3. The van der Waals surface area contributed by atoms with E-state index >= 15 is 0 Å². The molecule has 1 heterocycles. The van der Waals surface area contributed by atoms with Gasteiger partial charge < -0.3 is 9.84 Å². The molecule has 1 N–H and O–H groups in total. The van der Waals surface area contributed by atoms with Crippen LogP contribution in [0.2, 0.25) is 5.02 Å². The van der Waals surface area contributed by atoms with Crippen molar-refractivity contribution in [2.45, 2.75) is 36.7 Å². The van der Waals surface area contributed by atoms with Gasteiger partial charge in [-0.05, 0) is 31.5 Å². The predicted octanol–water partition coefficient (Wildman–Crippen LogP) is 2.93. The summed E-state index contributed by atoms with van der Waals surface area (Å²) in [6.07, 6.45) is 3.05. The molecule has 0 amide bonds. The van der Waals surface area contributed by atoms with Gasteiger partial charge in [-0.15, -0.1) is 11.8 Å². The van der Waals surface area contributed by atoms with Gasteiger partial charge in [-0.2, -0.15) is 5.10 Å². The molecule has 1 aromatic carbocycles. The summed E-state index contributed by atoms with van der Waals surface area (Å²) < 4.78 is 6.93. The second kappa shape index (κ2) is 7.46. The third-order valence-corrected chi connectivity index (χ3v) is 5.24. The van der Waals surface area contributed by atoms with Gasteiger partial charge in [0.05, 0.1) is 12.0 Å². The highest BCUT2D eigenvalue weighted by atomic mass is 35.5. The minimum absolute atomic E-state index is 0.0235. The van der Waals surface area contributed by atoms with E-state index in [-0.39, 0.29) is 10.7 Å². The largest absolute Gasteiger partial charge is 0.382 e.